The van der Waals surface area contributed by atoms with Crippen molar-refractivity contribution < 1.29 is 4.79 Å². The first-order valence-corrected chi connectivity index (χ1v) is 11.4. The van der Waals surface area contributed by atoms with Crippen LogP contribution in [0.3, 0.4) is 0 Å². The number of anilines is 1. The second-order valence-corrected chi connectivity index (χ2v) is 8.48. The van der Waals surface area contributed by atoms with Crippen molar-refractivity contribution in [3.8, 4) is 5.69 Å². The van der Waals surface area contributed by atoms with Crippen LogP contribution in [0.4, 0.5) is 5.69 Å². The van der Waals surface area contributed by atoms with Crippen LogP contribution in [0.1, 0.15) is 31.0 Å². The van der Waals surface area contributed by atoms with E-state index in [0.29, 0.717) is 18.2 Å². The van der Waals surface area contributed by atoms with Crippen LogP contribution in [0.2, 0.25) is 0 Å². The summed E-state index contributed by atoms with van der Waals surface area (Å²) in [5.74, 6) is 1.86. The van der Waals surface area contributed by atoms with Gasteiger partial charge in [-0.15, -0.1) is 10.2 Å². The normalized spacial score (nSPS) is 13.2. The van der Waals surface area contributed by atoms with Gasteiger partial charge < -0.3 is 10.2 Å². The van der Waals surface area contributed by atoms with Gasteiger partial charge in [0.15, 0.2) is 5.16 Å². The topological polar surface area (TPSA) is 63.1 Å². The van der Waals surface area contributed by atoms with Crippen LogP contribution in [-0.4, -0.2) is 46.6 Å². The average molecular weight is 422 g/mol. The molecule has 30 heavy (non-hydrogen) atoms. The Hall–Kier alpha value is -2.80. The molecule has 1 aromatic heterocycles. The van der Waals surface area contributed by atoms with Crippen molar-refractivity contribution in [1.29, 1.82) is 0 Å². The number of rotatable bonds is 10. The zero-order valence-corrected chi connectivity index (χ0v) is 18.0. The minimum Gasteiger partial charge on any atom is -0.375 e. The molecule has 0 atom stereocenters. The molecule has 1 aliphatic rings. The number of aromatic nitrogens is 3. The summed E-state index contributed by atoms with van der Waals surface area (Å²) in [6, 6.07) is 20.4. The Balaban J connectivity index is 1.26. The standard InChI is InChI=1S/C23H27N5OS/c1-27(19-9-4-2-5-10-19)16-8-15-24-21(29)17-30-23-26-25-22(18-13-14-18)28(23)20-11-6-3-7-12-20/h2-7,9-12,18H,8,13-17H2,1H3,(H,24,29). The van der Waals surface area contributed by atoms with Gasteiger partial charge in [0.1, 0.15) is 5.82 Å². The summed E-state index contributed by atoms with van der Waals surface area (Å²) in [7, 11) is 2.07. The largest absolute Gasteiger partial charge is 0.375 e. The fourth-order valence-corrected chi connectivity index (χ4v) is 4.13. The Morgan fingerprint density at radius 2 is 1.80 bits per heavy atom. The molecule has 7 heteroatoms. The van der Waals surface area contributed by atoms with Crippen LogP contribution in [0, 0.1) is 0 Å². The first-order valence-electron chi connectivity index (χ1n) is 10.4. The molecule has 2 aromatic carbocycles. The summed E-state index contributed by atoms with van der Waals surface area (Å²) in [6.45, 7) is 1.56. The number of carbonyl (C=O) groups is 1. The SMILES string of the molecule is CN(CCCNC(=O)CSc1nnc(C2CC2)n1-c1ccccc1)c1ccccc1. The molecule has 0 aliphatic heterocycles. The molecule has 1 heterocycles. The smallest absolute Gasteiger partial charge is 0.230 e. The summed E-state index contributed by atoms with van der Waals surface area (Å²) in [5, 5.41) is 12.6. The van der Waals surface area contributed by atoms with Crippen molar-refractivity contribution in [3.63, 3.8) is 0 Å². The third-order valence-electron chi connectivity index (χ3n) is 5.14. The molecule has 0 spiro atoms. The summed E-state index contributed by atoms with van der Waals surface area (Å²) in [4.78, 5) is 14.5. The Morgan fingerprint density at radius 3 is 2.50 bits per heavy atom. The first-order chi connectivity index (χ1) is 14.7. The van der Waals surface area contributed by atoms with Gasteiger partial charge in [0.2, 0.25) is 5.91 Å². The van der Waals surface area contributed by atoms with E-state index >= 15 is 0 Å². The van der Waals surface area contributed by atoms with Gasteiger partial charge >= 0.3 is 0 Å². The monoisotopic (exact) mass is 421 g/mol. The van der Waals surface area contributed by atoms with E-state index in [9.17, 15) is 4.79 Å². The quantitative estimate of drug-likeness (QED) is 0.398. The second-order valence-electron chi connectivity index (χ2n) is 7.54. The van der Waals surface area contributed by atoms with Gasteiger partial charge in [-0.2, -0.15) is 0 Å². The van der Waals surface area contributed by atoms with Crippen molar-refractivity contribution >= 4 is 23.4 Å². The second kappa shape index (κ2) is 9.80. The van der Waals surface area contributed by atoms with E-state index in [0.717, 1.165) is 42.5 Å². The molecule has 6 nitrogen and oxygen atoms in total. The van der Waals surface area contributed by atoms with Gasteiger partial charge in [0.25, 0.3) is 0 Å². The highest BCUT2D eigenvalue weighted by Crippen LogP contribution is 2.41. The third kappa shape index (κ3) is 5.21. The van der Waals surface area contributed by atoms with Crippen LogP contribution < -0.4 is 10.2 Å². The number of thioether (sulfide) groups is 1. The van der Waals surface area contributed by atoms with Gasteiger partial charge in [-0.25, -0.2) is 0 Å². The molecule has 0 saturated heterocycles. The summed E-state index contributed by atoms with van der Waals surface area (Å²) in [6.07, 6.45) is 3.22. The van der Waals surface area contributed by atoms with Crippen molar-refractivity contribution in [3.05, 3.63) is 66.5 Å². The molecule has 156 valence electrons. The molecule has 0 bridgehead atoms. The van der Waals surface area contributed by atoms with Crippen molar-refractivity contribution in [2.75, 3.05) is 30.8 Å². The molecular formula is C23H27N5OS. The number of amides is 1. The summed E-state index contributed by atoms with van der Waals surface area (Å²) in [5.41, 5.74) is 2.24. The van der Waals surface area contributed by atoms with E-state index in [1.54, 1.807) is 0 Å². The fraction of sp³-hybridized carbons (Fsp3) is 0.348. The fourth-order valence-electron chi connectivity index (χ4n) is 3.34. The minimum absolute atomic E-state index is 0.0259. The zero-order valence-electron chi connectivity index (χ0n) is 17.2. The lowest BCUT2D eigenvalue weighted by molar-refractivity contribution is -0.118. The van der Waals surface area contributed by atoms with Gasteiger partial charge in [-0.1, -0.05) is 48.2 Å². The van der Waals surface area contributed by atoms with E-state index in [1.165, 1.54) is 17.4 Å². The lowest BCUT2D eigenvalue weighted by Crippen LogP contribution is -2.29. The Labute approximate surface area is 181 Å². The molecule has 1 fully saturated rings. The van der Waals surface area contributed by atoms with E-state index in [2.05, 4.69) is 56.3 Å². The highest BCUT2D eigenvalue weighted by molar-refractivity contribution is 7.99. The molecule has 1 saturated carbocycles. The molecule has 4 rings (SSSR count). The first kappa shape index (κ1) is 20.5. The lowest BCUT2D eigenvalue weighted by Gasteiger charge is -2.19. The summed E-state index contributed by atoms with van der Waals surface area (Å²) >= 11 is 1.44. The maximum atomic E-state index is 12.3. The average Bonchev–Trinajstić information content (AvgIpc) is 3.55. The van der Waals surface area contributed by atoms with Crippen LogP contribution in [0.15, 0.2) is 65.8 Å². The van der Waals surface area contributed by atoms with Crippen molar-refractivity contribution in [2.45, 2.75) is 30.3 Å². The number of para-hydroxylation sites is 2. The minimum atomic E-state index is 0.0259. The van der Waals surface area contributed by atoms with Crippen molar-refractivity contribution in [2.24, 2.45) is 0 Å². The van der Waals surface area contributed by atoms with Crippen LogP contribution in [-0.2, 0) is 4.79 Å². The van der Waals surface area contributed by atoms with Gasteiger partial charge in [-0.05, 0) is 43.5 Å². The Morgan fingerprint density at radius 1 is 1.10 bits per heavy atom. The number of benzene rings is 2. The molecule has 1 N–H and O–H groups in total. The predicted octanol–water partition coefficient (Wildman–Crippen LogP) is 3.88. The number of carbonyl (C=O) groups excluding carboxylic acids is 1. The van der Waals surface area contributed by atoms with E-state index in [1.807, 2.05) is 36.4 Å². The molecule has 1 aliphatic carbocycles. The molecule has 1 amide bonds. The maximum absolute atomic E-state index is 12.3. The van der Waals surface area contributed by atoms with Gasteiger partial charge in [0, 0.05) is 37.4 Å². The van der Waals surface area contributed by atoms with E-state index in [-0.39, 0.29) is 5.91 Å². The van der Waals surface area contributed by atoms with Gasteiger partial charge in [-0.3, -0.25) is 9.36 Å². The Kier molecular flexibility index (Phi) is 6.69. The number of hydrogen-bond acceptors (Lipinski definition) is 5. The zero-order chi connectivity index (χ0) is 20.8. The molecule has 0 unspecified atom stereocenters. The Bertz CT molecular complexity index is 956. The van der Waals surface area contributed by atoms with Gasteiger partial charge in [0.05, 0.1) is 5.75 Å². The highest BCUT2D eigenvalue weighted by Gasteiger charge is 2.31. The molecule has 3 aromatic rings. The number of hydrogen-bond donors (Lipinski definition) is 1. The third-order valence-corrected chi connectivity index (χ3v) is 6.07. The maximum Gasteiger partial charge on any atom is 0.230 e. The lowest BCUT2D eigenvalue weighted by atomic mass is 10.3. The molecular weight excluding hydrogens is 394 g/mol. The number of nitrogens with zero attached hydrogens (tertiary/aromatic N) is 4. The van der Waals surface area contributed by atoms with Crippen LogP contribution in [0.5, 0.6) is 0 Å². The predicted molar refractivity (Wildman–Crippen MR) is 121 cm³/mol. The summed E-state index contributed by atoms with van der Waals surface area (Å²) < 4.78 is 2.10. The van der Waals surface area contributed by atoms with Crippen LogP contribution >= 0.6 is 11.8 Å². The number of nitrogens with one attached hydrogen (secondary N) is 1. The van der Waals surface area contributed by atoms with Crippen molar-refractivity contribution in [1.82, 2.24) is 20.1 Å². The van der Waals surface area contributed by atoms with E-state index < -0.39 is 0 Å². The molecule has 0 radical (unpaired) electrons. The van der Waals surface area contributed by atoms with E-state index in [4.69, 9.17) is 0 Å². The van der Waals surface area contributed by atoms with Crippen LogP contribution in [0.25, 0.3) is 5.69 Å². The highest BCUT2D eigenvalue weighted by atomic mass is 32.2.